The van der Waals surface area contributed by atoms with E-state index in [9.17, 15) is 9.59 Å². The number of para-hydroxylation sites is 1. The highest BCUT2D eigenvalue weighted by Gasteiger charge is 2.13. The molecule has 0 unspecified atom stereocenters. The highest BCUT2D eigenvalue weighted by Crippen LogP contribution is 2.13. The van der Waals surface area contributed by atoms with Gasteiger partial charge in [-0.1, -0.05) is 18.2 Å². The van der Waals surface area contributed by atoms with Crippen LogP contribution in [-0.2, 0) is 9.59 Å². The number of benzene rings is 2. The van der Waals surface area contributed by atoms with Gasteiger partial charge in [0.1, 0.15) is 5.75 Å². The zero-order chi connectivity index (χ0) is 13.7. The molecular weight excluding hydrogens is 244 g/mol. The molecule has 0 aliphatic heterocycles. The fourth-order valence-electron chi connectivity index (χ4n) is 1.44. The first kappa shape index (κ1) is 12.6. The summed E-state index contributed by atoms with van der Waals surface area (Å²) in [5, 5.41) is 14.0. The quantitative estimate of drug-likeness (QED) is 0.567. The van der Waals surface area contributed by atoms with Gasteiger partial charge in [0.15, 0.2) is 0 Å². The Morgan fingerprint density at radius 2 is 1.21 bits per heavy atom. The van der Waals surface area contributed by atoms with Crippen LogP contribution in [0.3, 0.4) is 0 Å². The summed E-state index contributed by atoms with van der Waals surface area (Å²) in [6.07, 6.45) is 0. The lowest BCUT2D eigenvalue weighted by atomic mass is 10.3. The van der Waals surface area contributed by atoms with Crippen LogP contribution in [0, 0.1) is 0 Å². The highest BCUT2D eigenvalue weighted by atomic mass is 16.3. The van der Waals surface area contributed by atoms with E-state index in [1.54, 1.807) is 24.3 Å². The van der Waals surface area contributed by atoms with Crippen LogP contribution in [0.2, 0.25) is 0 Å². The summed E-state index contributed by atoms with van der Waals surface area (Å²) in [4.78, 5) is 23.2. The van der Waals surface area contributed by atoms with Crippen LogP contribution in [0.15, 0.2) is 54.6 Å². The Kier molecular flexibility index (Phi) is 3.78. The lowest BCUT2D eigenvalue weighted by molar-refractivity contribution is -0.132. The van der Waals surface area contributed by atoms with Crippen molar-refractivity contribution in [3.8, 4) is 5.75 Å². The van der Waals surface area contributed by atoms with Gasteiger partial charge in [0.25, 0.3) is 0 Å². The van der Waals surface area contributed by atoms with Gasteiger partial charge >= 0.3 is 11.8 Å². The molecule has 2 aromatic rings. The van der Waals surface area contributed by atoms with Crippen LogP contribution in [0.1, 0.15) is 0 Å². The fraction of sp³-hybridized carbons (Fsp3) is 0. The van der Waals surface area contributed by atoms with Crippen LogP contribution in [0.4, 0.5) is 11.4 Å². The van der Waals surface area contributed by atoms with Crippen molar-refractivity contribution in [1.82, 2.24) is 0 Å². The Hall–Kier alpha value is -2.82. The first-order valence-electron chi connectivity index (χ1n) is 5.61. The number of amides is 2. The second kappa shape index (κ2) is 5.68. The molecule has 5 nitrogen and oxygen atoms in total. The summed E-state index contributed by atoms with van der Waals surface area (Å²) in [5.74, 6) is -1.43. The minimum atomic E-state index is -0.769. The molecule has 3 N–H and O–H groups in total. The Labute approximate surface area is 109 Å². The topological polar surface area (TPSA) is 78.4 Å². The summed E-state index contributed by atoms with van der Waals surface area (Å²) in [6.45, 7) is 0. The molecule has 0 aliphatic carbocycles. The summed E-state index contributed by atoms with van der Waals surface area (Å²) >= 11 is 0. The van der Waals surface area contributed by atoms with Crippen molar-refractivity contribution in [1.29, 1.82) is 0 Å². The van der Waals surface area contributed by atoms with Crippen molar-refractivity contribution < 1.29 is 14.7 Å². The Morgan fingerprint density at radius 3 is 1.74 bits per heavy atom. The van der Waals surface area contributed by atoms with Crippen LogP contribution < -0.4 is 10.6 Å². The van der Waals surface area contributed by atoms with Crippen LogP contribution in [0.5, 0.6) is 5.75 Å². The molecule has 19 heavy (non-hydrogen) atoms. The standard InChI is InChI=1S/C14H12N2O3/c17-12-8-6-11(7-9-12)16-14(19)13(18)15-10-4-2-1-3-5-10/h1-9,17H,(H,15,18)(H,16,19). The number of phenolic OH excluding ortho intramolecular Hbond substituents is 1. The Morgan fingerprint density at radius 1 is 0.737 bits per heavy atom. The molecule has 0 fully saturated rings. The second-order valence-electron chi connectivity index (χ2n) is 3.82. The summed E-state index contributed by atoms with van der Waals surface area (Å²) in [5.41, 5.74) is 0.986. The summed E-state index contributed by atoms with van der Waals surface area (Å²) in [6, 6.07) is 14.5. The van der Waals surface area contributed by atoms with Crippen LogP contribution in [-0.4, -0.2) is 16.9 Å². The molecule has 0 saturated carbocycles. The van der Waals surface area contributed by atoms with Crippen molar-refractivity contribution in [2.75, 3.05) is 10.6 Å². The lowest BCUT2D eigenvalue weighted by Gasteiger charge is -2.06. The van der Waals surface area contributed by atoms with E-state index >= 15 is 0 Å². The fourth-order valence-corrected chi connectivity index (χ4v) is 1.44. The maximum absolute atomic E-state index is 11.6. The number of rotatable bonds is 2. The molecule has 96 valence electrons. The van der Waals surface area contributed by atoms with E-state index in [2.05, 4.69) is 10.6 Å². The van der Waals surface area contributed by atoms with E-state index in [1.165, 1.54) is 24.3 Å². The van der Waals surface area contributed by atoms with Crippen molar-refractivity contribution in [3.63, 3.8) is 0 Å². The molecule has 0 bridgehead atoms. The van der Waals surface area contributed by atoms with E-state index in [-0.39, 0.29) is 5.75 Å². The number of carbonyl (C=O) groups is 2. The second-order valence-corrected chi connectivity index (χ2v) is 3.82. The van der Waals surface area contributed by atoms with Gasteiger partial charge in [0.05, 0.1) is 0 Å². The normalized spacial score (nSPS) is 9.68. The van der Waals surface area contributed by atoms with Gasteiger partial charge in [-0.2, -0.15) is 0 Å². The number of hydrogen-bond acceptors (Lipinski definition) is 3. The number of nitrogens with one attached hydrogen (secondary N) is 2. The van der Waals surface area contributed by atoms with Gasteiger partial charge in [-0.3, -0.25) is 9.59 Å². The predicted octanol–water partition coefficient (Wildman–Crippen LogP) is 1.97. The van der Waals surface area contributed by atoms with E-state index in [0.717, 1.165) is 0 Å². The van der Waals surface area contributed by atoms with Crippen molar-refractivity contribution >= 4 is 23.2 Å². The lowest BCUT2D eigenvalue weighted by Crippen LogP contribution is -2.28. The molecule has 0 atom stereocenters. The average Bonchev–Trinajstić information content (AvgIpc) is 2.42. The highest BCUT2D eigenvalue weighted by molar-refractivity contribution is 6.43. The maximum atomic E-state index is 11.6. The minimum absolute atomic E-state index is 0.0896. The Bertz CT molecular complexity index is 579. The van der Waals surface area contributed by atoms with Gasteiger partial charge in [-0.05, 0) is 36.4 Å². The molecule has 0 radical (unpaired) electrons. The molecule has 0 aliphatic rings. The monoisotopic (exact) mass is 256 g/mol. The molecule has 5 heteroatoms. The first-order valence-corrected chi connectivity index (χ1v) is 5.61. The smallest absolute Gasteiger partial charge is 0.314 e. The van der Waals surface area contributed by atoms with Crippen molar-refractivity contribution in [2.45, 2.75) is 0 Å². The molecule has 2 amide bonds. The third-order valence-electron chi connectivity index (χ3n) is 2.36. The molecule has 0 heterocycles. The summed E-state index contributed by atoms with van der Waals surface area (Å²) < 4.78 is 0. The number of aromatic hydroxyl groups is 1. The number of carbonyl (C=O) groups excluding carboxylic acids is 2. The molecular formula is C14H12N2O3. The third-order valence-corrected chi connectivity index (χ3v) is 2.36. The van der Waals surface area contributed by atoms with Gasteiger partial charge in [0.2, 0.25) is 0 Å². The Balaban J connectivity index is 1.96. The molecule has 0 spiro atoms. The van der Waals surface area contributed by atoms with Crippen molar-refractivity contribution in [2.24, 2.45) is 0 Å². The number of anilines is 2. The average molecular weight is 256 g/mol. The predicted molar refractivity (Wildman–Crippen MR) is 71.8 cm³/mol. The van der Waals surface area contributed by atoms with E-state index in [0.29, 0.717) is 11.4 Å². The molecule has 0 aromatic heterocycles. The zero-order valence-electron chi connectivity index (χ0n) is 9.96. The molecule has 0 saturated heterocycles. The van der Waals surface area contributed by atoms with Gasteiger partial charge in [-0.25, -0.2) is 0 Å². The molecule has 2 rings (SSSR count). The minimum Gasteiger partial charge on any atom is -0.508 e. The van der Waals surface area contributed by atoms with Gasteiger partial charge in [0, 0.05) is 11.4 Å². The first-order chi connectivity index (χ1) is 9.15. The van der Waals surface area contributed by atoms with Gasteiger partial charge in [-0.15, -0.1) is 0 Å². The zero-order valence-corrected chi connectivity index (χ0v) is 9.96. The van der Waals surface area contributed by atoms with E-state index in [4.69, 9.17) is 5.11 Å². The van der Waals surface area contributed by atoms with E-state index in [1.807, 2.05) is 6.07 Å². The van der Waals surface area contributed by atoms with Crippen molar-refractivity contribution in [3.05, 3.63) is 54.6 Å². The largest absolute Gasteiger partial charge is 0.508 e. The van der Waals surface area contributed by atoms with Gasteiger partial charge < -0.3 is 15.7 Å². The number of hydrogen-bond donors (Lipinski definition) is 3. The maximum Gasteiger partial charge on any atom is 0.314 e. The third kappa shape index (κ3) is 3.57. The van der Waals surface area contributed by atoms with Crippen LogP contribution >= 0.6 is 0 Å². The number of phenols is 1. The molecule has 2 aromatic carbocycles. The summed E-state index contributed by atoms with van der Waals surface area (Å²) in [7, 11) is 0. The SMILES string of the molecule is O=C(Nc1ccccc1)C(=O)Nc1ccc(O)cc1. The van der Waals surface area contributed by atoms with Crippen LogP contribution in [0.25, 0.3) is 0 Å². The van der Waals surface area contributed by atoms with E-state index < -0.39 is 11.8 Å².